The van der Waals surface area contributed by atoms with E-state index < -0.39 is 0 Å². The summed E-state index contributed by atoms with van der Waals surface area (Å²) in [7, 11) is 0. The third-order valence-electron chi connectivity index (χ3n) is 4.20. The van der Waals surface area contributed by atoms with Gasteiger partial charge in [-0.15, -0.1) is 0 Å². The topological polar surface area (TPSA) is 29.3 Å². The fraction of sp³-hybridized carbons (Fsp3) is 1.00. The lowest BCUT2D eigenvalue weighted by Crippen LogP contribution is -2.49. The van der Waals surface area contributed by atoms with E-state index in [9.17, 15) is 0 Å². The molecular formula is C13H26N2S. The Hall–Kier alpha value is 0.270. The summed E-state index contributed by atoms with van der Waals surface area (Å²) in [6.07, 6.45) is 6.66. The molecule has 2 N–H and O–H groups in total. The van der Waals surface area contributed by atoms with Crippen LogP contribution in [0.3, 0.4) is 0 Å². The second-order valence-corrected chi connectivity index (χ2v) is 6.99. The average Bonchev–Trinajstić information content (AvgIpc) is 2.67. The van der Waals surface area contributed by atoms with Crippen LogP contribution in [0.4, 0.5) is 0 Å². The minimum atomic E-state index is 0.452. The predicted octanol–water partition coefficient (Wildman–Crippen LogP) is 2.47. The van der Waals surface area contributed by atoms with E-state index in [0.29, 0.717) is 12.1 Å². The van der Waals surface area contributed by atoms with Crippen molar-refractivity contribution in [2.45, 2.75) is 69.3 Å². The molecule has 1 saturated carbocycles. The smallest absolute Gasteiger partial charge is 0.0109 e. The molecule has 0 radical (unpaired) electrons. The molecule has 0 amide bonds. The monoisotopic (exact) mass is 242 g/mol. The van der Waals surface area contributed by atoms with Gasteiger partial charge in [-0.1, -0.05) is 6.92 Å². The highest BCUT2D eigenvalue weighted by atomic mass is 32.2. The van der Waals surface area contributed by atoms with Gasteiger partial charge < -0.3 is 5.73 Å². The van der Waals surface area contributed by atoms with Gasteiger partial charge in [-0.2, -0.15) is 11.8 Å². The molecule has 4 atom stereocenters. The third-order valence-corrected chi connectivity index (χ3v) is 5.43. The summed E-state index contributed by atoms with van der Waals surface area (Å²) in [6, 6.07) is 2.01. The minimum Gasteiger partial charge on any atom is -0.328 e. The van der Waals surface area contributed by atoms with Crippen molar-refractivity contribution in [1.29, 1.82) is 0 Å². The van der Waals surface area contributed by atoms with Crippen LogP contribution in [0.15, 0.2) is 0 Å². The summed E-state index contributed by atoms with van der Waals surface area (Å²) in [6.45, 7) is 5.87. The molecular weight excluding hydrogens is 216 g/mol. The molecule has 16 heavy (non-hydrogen) atoms. The van der Waals surface area contributed by atoms with Crippen molar-refractivity contribution in [3.8, 4) is 0 Å². The summed E-state index contributed by atoms with van der Waals surface area (Å²) >= 11 is 2.16. The standard InChI is InChI=1S/C13H26N2S/c1-3-16-13-5-4-12(9-13)15-7-6-11(14)8-10(15)2/h10-13H,3-9,14H2,1-2H3. The van der Waals surface area contributed by atoms with Crippen molar-refractivity contribution in [1.82, 2.24) is 4.90 Å². The minimum absolute atomic E-state index is 0.452. The van der Waals surface area contributed by atoms with Gasteiger partial charge in [0.15, 0.2) is 0 Å². The van der Waals surface area contributed by atoms with E-state index in [1.807, 2.05) is 0 Å². The molecule has 2 rings (SSSR count). The molecule has 0 aromatic carbocycles. The van der Waals surface area contributed by atoms with Gasteiger partial charge in [-0.25, -0.2) is 0 Å². The van der Waals surface area contributed by atoms with Crippen LogP contribution in [0.2, 0.25) is 0 Å². The maximum atomic E-state index is 6.03. The maximum absolute atomic E-state index is 6.03. The number of rotatable bonds is 3. The van der Waals surface area contributed by atoms with Gasteiger partial charge in [-0.05, 0) is 44.8 Å². The second kappa shape index (κ2) is 5.74. The van der Waals surface area contributed by atoms with Crippen LogP contribution < -0.4 is 5.73 Å². The van der Waals surface area contributed by atoms with Gasteiger partial charge in [0.1, 0.15) is 0 Å². The first kappa shape index (κ1) is 12.7. The van der Waals surface area contributed by atoms with Crippen molar-refractivity contribution in [3.05, 3.63) is 0 Å². The molecule has 0 spiro atoms. The number of nitrogens with zero attached hydrogens (tertiary/aromatic N) is 1. The van der Waals surface area contributed by atoms with Gasteiger partial charge in [0, 0.05) is 29.9 Å². The second-order valence-electron chi connectivity index (χ2n) is 5.42. The summed E-state index contributed by atoms with van der Waals surface area (Å²) in [5, 5.41) is 0.929. The van der Waals surface area contributed by atoms with E-state index in [4.69, 9.17) is 5.73 Å². The van der Waals surface area contributed by atoms with Crippen molar-refractivity contribution >= 4 is 11.8 Å². The number of hydrogen-bond donors (Lipinski definition) is 1. The molecule has 0 aromatic rings. The molecule has 3 heteroatoms. The quantitative estimate of drug-likeness (QED) is 0.824. The lowest BCUT2D eigenvalue weighted by molar-refractivity contribution is 0.0986. The third kappa shape index (κ3) is 2.93. The van der Waals surface area contributed by atoms with Crippen LogP contribution in [0.5, 0.6) is 0 Å². The number of nitrogens with two attached hydrogens (primary N) is 1. The van der Waals surface area contributed by atoms with Crippen LogP contribution in [0.1, 0.15) is 46.0 Å². The van der Waals surface area contributed by atoms with E-state index in [1.165, 1.54) is 44.4 Å². The Morgan fingerprint density at radius 3 is 2.75 bits per heavy atom. The first-order valence-electron chi connectivity index (χ1n) is 6.83. The fourth-order valence-corrected chi connectivity index (χ4v) is 4.51. The average molecular weight is 242 g/mol. The number of likely N-dealkylation sites (tertiary alicyclic amines) is 1. The molecule has 0 aromatic heterocycles. The van der Waals surface area contributed by atoms with Crippen LogP contribution in [0.25, 0.3) is 0 Å². The Balaban J connectivity index is 1.84. The first-order valence-corrected chi connectivity index (χ1v) is 7.88. The predicted molar refractivity (Wildman–Crippen MR) is 72.9 cm³/mol. The van der Waals surface area contributed by atoms with Crippen LogP contribution in [-0.4, -0.2) is 40.6 Å². The Morgan fingerprint density at radius 2 is 2.06 bits per heavy atom. The number of thioether (sulfide) groups is 1. The lowest BCUT2D eigenvalue weighted by atomic mass is 9.97. The molecule has 1 aliphatic heterocycles. The number of piperidine rings is 1. The summed E-state index contributed by atoms with van der Waals surface area (Å²) in [5.41, 5.74) is 6.03. The van der Waals surface area contributed by atoms with Gasteiger partial charge in [0.2, 0.25) is 0 Å². The van der Waals surface area contributed by atoms with Gasteiger partial charge in [0.05, 0.1) is 0 Å². The lowest BCUT2D eigenvalue weighted by Gasteiger charge is -2.40. The van der Waals surface area contributed by atoms with Gasteiger partial charge >= 0.3 is 0 Å². The fourth-order valence-electron chi connectivity index (χ4n) is 3.37. The van der Waals surface area contributed by atoms with Crippen molar-refractivity contribution in [2.75, 3.05) is 12.3 Å². The molecule has 94 valence electrons. The van der Waals surface area contributed by atoms with Crippen molar-refractivity contribution in [2.24, 2.45) is 5.73 Å². The van der Waals surface area contributed by atoms with E-state index in [2.05, 4.69) is 30.5 Å². The van der Waals surface area contributed by atoms with Gasteiger partial charge in [0.25, 0.3) is 0 Å². The van der Waals surface area contributed by atoms with Crippen LogP contribution in [-0.2, 0) is 0 Å². The van der Waals surface area contributed by atoms with E-state index in [1.54, 1.807) is 0 Å². The highest BCUT2D eigenvalue weighted by molar-refractivity contribution is 7.99. The SMILES string of the molecule is CCSC1CCC(N2CCC(N)CC2C)C1. The molecule has 0 bridgehead atoms. The zero-order valence-electron chi connectivity index (χ0n) is 10.7. The molecule has 2 nitrogen and oxygen atoms in total. The van der Waals surface area contributed by atoms with Crippen molar-refractivity contribution in [3.63, 3.8) is 0 Å². The Bertz CT molecular complexity index is 222. The Labute approximate surface area is 104 Å². The first-order chi connectivity index (χ1) is 7.70. The molecule has 2 fully saturated rings. The highest BCUT2D eigenvalue weighted by Crippen LogP contribution is 2.35. The maximum Gasteiger partial charge on any atom is 0.0109 e. The molecule has 1 heterocycles. The zero-order chi connectivity index (χ0) is 11.5. The summed E-state index contributed by atoms with van der Waals surface area (Å²) < 4.78 is 0. The van der Waals surface area contributed by atoms with E-state index in [0.717, 1.165) is 11.3 Å². The zero-order valence-corrected chi connectivity index (χ0v) is 11.5. The van der Waals surface area contributed by atoms with Gasteiger partial charge in [-0.3, -0.25) is 4.90 Å². The summed E-state index contributed by atoms with van der Waals surface area (Å²) in [4.78, 5) is 2.74. The van der Waals surface area contributed by atoms with Crippen LogP contribution in [0, 0.1) is 0 Å². The molecule has 4 unspecified atom stereocenters. The van der Waals surface area contributed by atoms with Crippen LogP contribution >= 0.6 is 11.8 Å². The normalized spacial score (nSPS) is 41.4. The summed E-state index contributed by atoms with van der Waals surface area (Å²) in [5.74, 6) is 1.28. The molecule has 1 saturated heterocycles. The largest absolute Gasteiger partial charge is 0.328 e. The van der Waals surface area contributed by atoms with E-state index >= 15 is 0 Å². The Kier molecular flexibility index (Phi) is 4.57. The van der Waals surface area contributed by atoms with E-state index in [-0.39, 0.29) is 0 Å². The Morgan fingerprint density at radius 1 is 1.25 bits per heavy atom. The molecule has 2 aliphatic rings. The highest BCUT2D eigenvalue weighted by Gasteiger charge is 2.34. The molecule has 1 aliphatic carbocycles. The number of hydrogen-bond acceptors (Lipinski definition) is 3. The van der Waals surface area contributed by atoms with Crippen molar-refractivity contribution < 1.29 is 0 Å².